The van der Waals surface area contributed by atoms with E-state index in [2.05, 4.69) is 9.97 Å². The molecule has 3 rings (SSSR count). The van der Waals surface area contributed by atoms with E-state index in [-0.39, 0.29) is 18.1 Å². The van der Waals surface area contributed by atoms with Gasteiger partial charge in [0.25, 0.3) is 5.56 Å². The first kappa shape index (κ1) is 19.6. The predicted octanol–water partition coefficient (Wildman–Crippen LogP) is 0.525. The number of likely N-dealkylation sites (tertiary alicyclic amines) is 1. The van der Waals surface area contributed by atoms with Crippen molar-refractivity contribution in [2.45, 2.75) is 70.3 Å². The van der Waals surface area contributed by atoms with Crippen LogP contribution in [0.5, 0.6) is 0 Å². The summed E-state index contributed by atoms with van der Waals surface area (Å²) in [4.78, 5) is 33.1. The number of rotatable bonds is 2. The summed E-state index contributed by atoms with van der Waals surface area (Å²) in [6.07, 6.45) is -0.667. The number of nitrogens with two attached hydrogens (primary N) is 1. The van der Waals surface area contributed by atoms with E-state index in [1.54, 1.807) is 34.6 Å². The highest BCUT2D eigenvalue weighted by Crippen LogP contribution is 2.46. The number of hydrogen-bond acceptors (Lipinski definition) is 8. The van der Waals surface area contributed by atoms with Gasteiger partial charge < -0.3 is 25.1 Å². The molecule has 3 heterocycles. The van der Waals surface area contributed by atoms with Crippen LogP contribution < -0.4 is 11.3 Å². The molecule has 10 nitrogen and oxygen atoms in total. The number of nitrogens with zero attached hydrogens (tertiary/aromatic N) is 2. The van der Waals surface area contributed by atoms with Gasteiger partial charge in [-0.3, -0.25) is 14.7 Å². The molecule has 1 amide bonds. The number of fused-ring (bicyclic) bond motifs is 1. The first-order valence-corrected chi connectivity index (χ1v) is 8.76. The van der Waals surface area contributed by atoms with Crippen LogP contribution in [-0.4, -0.2) is 62.3 Å². The van der Waals surface area contributed by atoms with Gasteiger partial charge in [0.15, 0.2) is 11.7 Å². The summed E-state index contributed by atoms with van der Waals surface area (Å²) in [6, 6.07) is -1.59. The minimum absolute atomic E-state index is 0.0373. The molecule has 2 aliphatic heterocycles. The molecule has 1 aromatic rings. The normalized spacial score (nSPS) is 29.6. The first-order chi connectivity index (χ1) is 12.4. The summed E-state index contributed by atoms with van der Waals surface area (Å²) in [5.41, 5.74) is 4.47. The Labute approximate surface area is 156 Å². The maximum atomic E-state index is 12.9. The molecule has 0 aliphatic carbocycles. The van der Waals surface area contributed by atoms with Crippen molar-refractivity contribution in [3.63, 3.8) is 0 Å². The lowest BCUT2D eigenvalue weighted by atomic mass is 10.0. The van der Waals surface area contributed by atoms with Crippen molar-refractivity contribution < 1.29 is 24.1 Å². The summed E-state index contributed by atoms with van der Waals surface area (Å²) < 4.78 is 17.4. The minimum Gasteiger partial charge on any atom is -0.444 e. The summed E-state index contributed by atoms with van der Waals surface area (Å²) in [7, 11) is 0. The lowest BCUT2D eigenvalue weighted by Gasteiger charge is -2.34. The van der Waals surface area contributed by atoms with Crippen molar-refractivity contribution in [3.8, 4) is 0 Å². The average Bonchev–Trinajstić information content (AvgIpc) is 2.96. The fourth-order valence-corrected chi connectivity index (χ4v) is 3.59. The zero-order valence-corrected chi connectivity index (χ0v) is 16.1. The van der Waals surface area contributed by atoms with E-state index in [1.807, 2.05) is 0 Å². The Morgan fingerprint density at radius 3 is 2.59 bits per heavy atom. The van der Waals surface area contributed by atoms with Gasteiger partial charge in [-0.05, 0) is 34.6 Å². The maximum Gasteiger partial charge on any atom is 0.411 e. The van der Waals surface area contributed by atoms with Gasteiger partial charge in [-0.1, -0.05) is 0 Å². The number of nitrogens with one attached hydrogen (secondary N) is 1. The van der Waals surface area contributed by atoms with E-state index in [0.717, 1.165) is 0 Å². The molecule has 4 atom stereocenters. The number of anilines is 1. The topological polar surface area (TPSA) is 140 Å². The van der Waals surface area contributed by atoms with Crippen LogP contribution in [0.2, 0.25) is 0 Å². The Morgan fingerprint density at radius 1 is 1.41 bits per heavy atom. The van der Waals surface area contributed by atoms with Gasteiger partial charge in [0.05, 0.1) is 24.3 Å². The molecule has 2 saturated heterocycles. The van der Waals surface area contributed by atoms with Crippen LogP contribution in [0.3, 0.4) is 0 Å². The highest BCUT2D eigenvalue weighted by atomic mass is 16.8. The van der Waals surface area contributed by atoms with E-state index in [9.17, 15) is 14.7 Å². The summed E-state index contributed by atoms with van der Waals surface area (Å²) in [5.74, 6) is -0.959. The molecule has 2 fully saturated rings. The molecule has 0 aromatic carbocycles. The van der Waals surface area contributed by atoms with Crippen LogP contribution in [-0.2, 0) is 14.2 Å². The molecular formula is C17H26N4O6. The van der Waals surface area contributed by atoms with Gasteiger partial charge in [0.2, 0.25) is 0 Å². The number of amides is 1. The predicted molar refractivity (Wildman–Crippen MR) is 94.8 cm³/mol. The SMILES string of the molecule is CC(C)(C)OC(=O)N1C(CO)C2OC(C)(C)OC2C1c1cnc(N)[nH]c1=O. The summed E-state index contributed by atoms with van der Waals surface area (Å²) in [6.45, 7) is 8.30. The van der Waals surface area contributed by atoms with E-state index in [0.29, 0.717) is 0 Å². The Bertz CT molecular complexity index is 786. The molecule has 1 aromatic heterocycles. The monoisotopic (exact) mass is 382 g/mol. The van der Waals surface area contributed by atoms with Crippen molar-refractivity contribution in [2.24, 2.45) is 0 Å². The quantitative estimate of drug-likeness (QED) is 0.673. The zero-order chi connectivity index (χ0) is 20.1. The first-order valence-electron chi connectivity index (χ1n) is 8.76. The third kappa shape index (κ3) is 3.64. The van der Waals surface area contributed by atoms with Crippen LogP contribution in [0, 0.1) is 0 Å². The molecule has 2 aliphatic rings. The molecule has 150 valence electrons. The van der Waals surface area contributed by atoms with Crippen LogP contribution in [0.4, 0.5) is 10.7 Å². The average molecular weight is 382 g/mol. The fraction of sp³-hybridized carbons (Fsp3) is 0.706. The number of ether oxygens (including phenoxy) is 3. The van der Waals surface area contributed by atoms with Gasteiger partial charge in [-0.25, -0.2) is 9.78 Å². The molecular weight excluding hydrogens is 356 g/mol. The molecule has 0 spiro atoms. The van der Waals surface area contributed by atoms with E-state index in [4.69, 9.17) is 19.9 Å². The Morgan fingerprint density at radius 2 is 2.04 bits per heavy atom. The van der Waals surface area contributed by atoms with Crippen molar-refractivity contribution in [3.05, 3.63) is 22.1 Å². The van der Waals surface area contributed by atoms with Crippen LogP contribution in [0.1, 0.15) is 46.2 Å². The summed E-state index contributed by atoms with van der Waals surface area (Å²) >= 11 is 0. The molecule has 27 heavy (non-hydrogen) atoms. The molecule has 0 radical (unpaired) electrons. The lowest BCUT2D eigenvalue weighted by molar-refractivity contribution is -0.169. The van der Waals surface area contributed by atoms with Crippen molar-refractivity contribution >= 4 is 12.0 Å². The van der Waals surface area contributed by atoms with Gasteiger partial charge in [-0.15, -0.1) is 0 Å². The second-order valence-electron chi connectivity index (χ2n) is 8.20. The third-order valence-corrected chi connectivity index (χ3v) is 4.47. The van der Waals surface area contributed by atoms with Gasteiger partial charge >= 0.3 is 6.09 Å². The molecule has 4 unspecified atom stereocenters. The second-order valence-corrected chi connectivity index (χ2v) is 8.20. The van der Waals surface area contributed by atoms with Gasteiger partial charge in [0, 0.05) is 6.20 Å². The van der Waals surface area contributed by atoms with E-state index >= 15 is 0 Å². The molecule has 0 saturated carbocycles. The number of nitrogen functional groups attached to an aromatic ring is 1. The smallest absolute Gasteiger partial charge is 0.411 e. The van der Waals surface area contributed by atoms with Crippen LogP contribution in [0.15, 0.2) is 11.0 Å². The van der Waals surface area contributed by atoms with Crippen LogP contribution >= 0.6 is 0 Å². The standard InChI is InChI=1S/C17H26N4O6/c1-16(2,3)27-15(24)21-9(7-22)11-12(26-17(4,5)25-11)10(21)8-6-19-14(18)20-13(8)23/h6,9-12,22H,7H2,1-5H3,(H3,18,19,20,23). The third-order valence-electron chi connectivity index (χ3n) is 4.47. The Kier molecular flexibility index (Phi) is 4.69. The number of aromatic nitrogens is 2. The number of H-pyrrole nitrogens is 1. The van der Waals surface area contributed by atoms with Crippen LogP contribution in [0.25, 0.3) is 0 Å². The highest BCUT2D eigenvalue weighted by molar-refractivity contribution is 5.70. The minimum atomic E-state index is -0.922. The van der Waals surface area contributed by atoms with Crippen molar-refractivity contribution in [1.29, 1.82) is 0 Å². The number of carbonyl (C=O) groups excluding carboxylic acids is 1. The van der Waals surface area contributed by atoms with E-state index in [1.165, 1.54) is 11.1 Å². The number of hydrogen-bond donors (Lipinski definition) is 3. The highest BCUT2D eigenvalue weighted by Gasteiger charge is 2.60. The molecule has 4 N–H and O–H groups in total. The number of aliphatic hydroxyl groups excluding tert-OH is 1. The van der Waals surface area contributed by atoms with Gasteiger partial charge in [0.1, 0.15) is 17.8 Å². The Hall–Kier alpha value is -2.17. The molecule has 0 bridgehead atoms. The number of aliphatic hydroxyl groups is 1. The van der Waals surface area contributed by atoms with Crippen molar-refractivity contribution in [1.82, 2.24) is 14.9 Å². The number of aromatic amines is 1. The lowest BCUT2D eigenvalue weighted by Crippen LogP contribution is -2.47. The zero-order valence-electron chi connectivity index (χ0n) is 16.1. The van der Waals surface area contributed by atoms with Gasteiger partial charge in [-0.2, -0.15) is 0 Å². The Balaban J connectivity index is 2.08. The largest absolute Gasteiger partial charge is 0.444 e. The fourth-order valence-electron chi connectivity index (χ4n) is 3.59. The van der Waals surface area contributed by atoms with E-state index < -0.39 is 47.3 Å². The second kappa shape index (κ2) is 6.47. The maximum absolute atomic E-state index is 12.9. The number of carbonyl (C=O) groups is 1. The molecule has 10 heteroatoms. The van der Waals surface area contributed by atoms with Crippen molar-refractivity contribution in [2.75, 3.05) is 12.3 Å². The summed E-state index contributed by atoms with van der Waals surface area (Å²) in [5, 5.41) is 9.97.